The van der Waals surface area contributed by atoms with Gasteiger partial charge in [0.1, 0.15) is 0 Å². The Kier molecular flexibility index (Phi) is 17.2. The zero-order chi connectivity index (χ0) is 28.0. The third kappa shape index (κ3) is 14.6. The van der Waals surface area contributed by atoms with Gasteiger partial charge in [0.25, 0.3) is 0 Å². The van der Waals surface area contributed by atoms with Crippen LogP contribution in [0.5, 0.6) is 0 Å². The maximum Gasteiger partial charge on any atom is 0.410 e. The van der Waals surface area contributed by atoms with Gasteiger partial charge in [-0.25, -0.2) is 4.79 Å². The molecule has 1 aromatic carbocycles. The summed E-state index contributed by atoms with van der Waals surface area (Å²) in [5, 5.41) is 3.92. The van der Waals surface area contributed by atoms with E-state index in [1.807, 2.05) is 31.3 Å². The first-order valence-corrected chi connectivity index (χ1v) is 15.1. The number of benzene rings is 1. The maximum absolute atomic E-state index is 12.3. The zero-order valence-corrected chi connectivity index (χ0v) is 24.2. The summed E-state index contributed by atoms with van der Waals surface area (Å²) < 4.78 is 10.8. The number of para-hydroxylation sites is 1. The van der Waals surface area contributed by atoms with Crippen molar-refractivity contribution < 1.29 is 19.1 Å². The molecule has 0 aliphatic heterocycles. The molecule has 2 rings (SSSR count). The number of fused-ring (bicyclic) bond motifs is 1. The SMILES string of the molecule is CCCCC/C=C\C/C=C\CCCCCCCC(=O)OC(CCC)OC(=O)NCCc1c[nH]c2ccccc12. The molecular formula is C33H50N2O4. The van der Waals surface area contributed by atoms with E-state index in [4.69, 9.17) is 9.47 Å². The van der Waals surface area contributed by atoms with Crippen LogP contribution in [0.4, 0.5) is 4.79 Å². The second-order valence-corrected chi connectivity index (χ2v) is 10.1. The van der Waals surface area contributed by atoms with Gasteiger partial charge in [-0.05, 0) is 63.0 Å². The van der Waals surface area contributed by atoms with E-state index in [9.17, 15) is 9.59 Å². The predicted octanol–water partition coefficient (Wildman–Crippen LogP) is 8.92. The lowest BCUT2D eigenvalue weighted by Crippen LogP contribution is -2.32. The number of hydrogen-bond donors (Lipinski definition) is 2. The molecule has 6 nitrogen and oxygen atoms in total. The fourth-order valence-corrected chi connectivity index (χ4v) is 4.46. The number of unbranched alkanes of at least 4 members (excludes halogenated alkanes) is 8. The van der Waals surface area contributed by atoms with Crippen molar-refractivity contribution >= 4 is 23.0 Å². The molecule has 39 heavy (non-hydrogen) atoms. The number of rotatable bonds is 21. The van der Waals surface area contributed by atoms with E-state index < -0.39 is 12.4 Å². The van der Waals surface area contributed by atoms with Crippen LogP contribution >= 0.6 is 0 Å². The van der Waals surface area contributed by atoms with Crippen molar-refractivity contribution in [2.24, 2.45) is 0 Å². The lowest BCUT2D eigenvalue weighted by atomic mass is 10.1. The van der Waals surface area contributed by atoms with Crippen LogP contribution in [0.2, 0.25) is 0 Å². The third-order valence-corrected chi connectivity index (χ3v) is 6.70. The van der Waals surface area contributed by atoms with Crippen LogP contribution in [0.3, 0.4) is 0 Å². The minimum atomic E-state index is -0.839. The molecule has 2 N–H and O–H groups in total. The Bertz CT molecular complexity index is 995. The Morgan fingerprint density at radius 3 is 2.36 bits per heavy atom. The summed E-state index contributed by atoms with van der Waals surface area (Å²) in [5.74, 6) is -0.300. The van der Waals surface area contributed by atoms with Crippen LogP contribution in [0.1, 0.15) is 109 Å². The molecule has 0 saturated heterocycles. The van der Waals surface area contributed by atoms with E-state index in [-0.39, 0.29) is 5.97 Å². The molecule has 1 atom stereocenters. The summed E-state index contributed by atoms with van der Waals surface area (Å²) in [7, 11) is 0. The number of nitrogens with one attached hydrogen (secondary N) is 2. The van der Waals surface area contributed by atoms with E-state index >= 15 is 0 Å². The minimum absolute atomic E-state index is 0.300. The van der Waals surface area contributed by atoms with Crippen molar-refractivity contribution in [2.75, 3.05) is 6.54 Å². The molecule has 216 valence electrons. The molecule has 1 heterocycles. The summed E-state index contributed by atoms with van der Waals surface area (Å²) in [6.07, 6.45) is 24.5. The van der Waals surface area contributed by atoms with Gasteiger partial charge >= 0.3 is 12.1 Å². The Morgan fingerprint density at radius 2 is 1.59 bits per heavy atom. The second kappa shape index (κ2) is 20.9. The molecular weight excluding hydrogens is 488 g/mol. The largest absolute Gasteiger partial charge is 0.425 e. The highest BCUT2D eigenvalue weighted by Gasteiger charge is 2.18. The van der Waals surface area contributed by atoms with Gasteiger partial charge in [0, 0.05) is 36.5 Å². The highest BCUT2D eigenvalue weighted by Crippen LogP contribution is 2.18. The lowest BCUT2D eigenvalue weighted by Gasteiger charge is -2.18. The summed E-state index contributed by atoms with van der Waals surface area (Å²) in [5.41, 5.74) is 2.22. The zero-order valence-electron chi connectivity index (χ0n) is 24.2. The molecule has 1 amide bonds. The molecule has 0 saturated carbocycles. The van der Waals surface area contributed by atoms with Crippen LogP contribution in [0.15, 0.2) is 54.8 Å². The van der Waals surface area contributed by atoms with E-state index in [1.165, 1.54) is 38.5 Å². The topological polar surface area (TPSA) is 80.4 Å². The summed E-state index contributed by atoms with van der Waals surface area (Å²) in [6.45, 7) is 4.65. The van der Waals surface area contributed by atoms with Crippen molar-refractivity contribution in [2.45, 2.75) is 116 Å². The number of aromatic nitrogens is 1. The molecule has 2 aromatic rings. The van der Waals surface area contributed by atoms with Gasteiger partial charge in [0.2, 0.25) is 6.29 Å². The molecule has 1 aromatic heterocycles. The fourth-order valence-electron chi connectivity index (χ4n) is 4.46. The van der Waals surface area contributed by atoms with Crippen molar-refractivity contribution in [1.29, 1.82) is 0 Å². The van der Waals surface area contributed by atoms with Crippen LogP contribution in [-0.2, 0) is 20.7 Å². The predicted molar refractivity (Wildman–Crippen MR) is 161 cm³/mol. The van der Waals surface area contributed by atoms with E-state index in [1.54, 1.807) is 0 Å². The summed E-state index contributed by atoms with van der Waals surface area (Å²) >= 11 is 0. The first-order chi connectivity index (χ1) is 19.1. The average molecular weight is 539 g/mol. The smallest absolute Gasteiger partial charge is 0.410 e. The summed E-state index contributed by atoms with van der Waals surface area (Å²) in [6, 6.07) is 8.08. The first-order valence-electron chi connectivity index (χ1n) is 15.1. The van der Waals surface area contributed by atoms with Gasteiger partial charge in [0.05, 0.1) is 0 Å². The van der Waals surface area contributed by atoms with Crippen molar-refractivity contribution in [1.82, 2.24) is 10.3 Å². The Labute approximate surface area is 235 Å². The second-order valence-electron chi connectivity index (χ2n) is 10.1. The number of H-pyrrole nitrogens is 1. The van der Waals surface area contributed by atoms with E-state index in [0.29, 0.717) is 25.8 Å². The van der Waals surface area contributed by atoms with Crippen LogP contribution in [0, 0.1) is 0 Å². The van der Waals surface area contributed by atoms with Gasteiger partial charge in [0.15, 0.2) is 0 Å². The minimum Gasteiger partial charge on any atom is -0.425 e. The molecule has 0 aliphatic carbocycles. The molecule has 0 bridgehead atoms. The number of alkyl carbamates (subject to hydrolysis) is 1. The number of amides is 1. The standard InChI is InChI=1S/C33H50N2O4/c1-3-5-6-7-8-9-10-11-12-13-14-15-16-17-18-24-31(36)38-32(21-4-2)39-33(37)34-26-25-28-27-35-30-23-20-19-22-29(28)30/h8-9,11-12,19-20,22-23,27,32,35H,3-7,10,13-18,21,24-26H2,1-2H3,(H,34,37)/b9-8-,12-11-. The quantitative estimate of drug-likeness (QED) is 0.0719. The van der Waals surface area contributed by atoms with E-state index in [0.717, 1.165) is 55.0 Å². The van der Waals surface area contributed by atoms with Gasteiger partial charge in [-0.1, -0.05) is 88.5 Å². The first kappa shape index (κ1) is 32.2. The number of aromatic amines is 1. The Balaban J connectivity index is 1.51. The van der Waals surface area contributed by atoms with Gasteiger partial charge < -0.3 is 19.8 Å². The number of carbonyl (C=O) groups excluding carboxylic acids is 2. The van der Waals surface area contributed by atoms with E-state index in [2.05, 4.69) is 47.6 Å². The number of esters is 1. The lowest BCUT2D eigenvalue weighted by molar-refractivity contribution is -0.168. The van der Waals surface area contributed by atoms with Crippen LogP contribution in [-0.4, -0.2) is 29.9 Å². The number of allylic oxidation sites excluding steroid dienone is 4. The Morgan fingerprint density at radius 1 is 0.872 bits per heavy atom. The maximum atomic E-state index is 12.3. The average Bonchev–Trinajstić information content (AvgIpc) is 3.34. The van der Waals surface area contributed by atoms with Crippen molar-refractivity contribution in [3.05, 3.63) is 60.3 Å². The molecule has 0 spiro atoms. The Hall–Kier alpha value is -3.02. The van der Waals surface area contributed by atoms with Gasteiger partial charge in [-0.2, -0.15) is 0 Å². The molecule has 0 radical (unpaired) electrons. The molecule has 0 fully saturated rings. The number of carbonyl (C=O) groups is 2. The molecule has 0 aliphatic rings. The fraction of sp³-hybridized carbons (Fsp3) is 0.576. The normalized spacial score (nSPS) is 12.4. The highest BCUT2D eigenvalue weighted by atomic mass is 16.7. The molecule has 6 heteroatoms. The highest BCUT2D eigenvalue weighted by molar-refractivity contribution is 5.83. The van der Waals surface area contributed by atoms with Crippen molar-refractivity contribution in [3.8, 4) is 0 Å². The number of ether oxygens (including phenoxy) is 2. The van der Waals surface area contributed by atoms with Crippen LogP contribution < -0.4 is 5.32 Å². The number of hydrogen-bond acceptors (Lipinski definition) is 4. The van der Waals surface area contributed by atoms with Gasteiger partial charge in [-0.3, -0.25) is 4.79 Å². The molecule has 1 unspecified atom stereocenters. The van der Waals surface area contributed by atoms with Crippen molar-refractivity contribution in [3.63, 3.8) is 0 Å². The monoisotopic (exact) mass is 538 g/mol. The third-order valence-electron chi connectivity index (χ3n) is 6.70. The van der Waals surface area contributed by atoms with Crippen LogP contribution in [0.25, 0.3) is 10.9 Å². The van der Waals surface area contributed by atoms with Gasteiger partial charge in [-0.15, -0.1) is 0 Å². The summed E-state index contributed by atoms with van der Waals surface area (Å²) in [4.78, 5) is 27.8.